The quantitative estimate of drug-likeness (QED) is 0.603. The number of rotatable bonds is 2. The molecule has 0 aliphatic heterocycles. The van der Waals surface area contributed by atoms with Crippen molar-refractivity contribution in [2.75, 3.05) is 5.43 Å². The molecule has 1 amide bonds. The van der Waals surface area contributed by atoms with E-state index in [-0.39, 0.29) is 12.3 Å². The number of hydrogen-bond donors (Lipinski definition) is 1. The fourth-order valence-electron chi connectivity index (χ4n) is 0.514. The molecule has 1 aromatic heterocycles. The van der Waals surface area contributed by atoms with Gasteiger partial charge in [-0.05, 0) is 0 Å². The van der Waals surface area contributed by atoms with E-state index in [0.29, 0.717) is 0 Å². The third kappa shape index (κ3) is 2.06. The van der Waals surface area contributed by atoms with Crippen LogP contribution in [0.5, 0.6) is 0 Å². The summed E-state index contributed by atoms with van der Waals surface area (Å²) < 4.78 is 1.28. The van der Waals surface area contributed by atoms with Gasteiger partial charge in [-0.15, -0.1) is 10.2 Å². The smallest absolute Gasteiger partial charge is 0.253 e. The fraction of sp³-hybridized carbons (Fsp3) is 0.200. The second kappa shape index (κ2) is 3.31. The fourth-order valence-corrected chi connectivity index (χ4v) is 0.514. The lowest BCUT2D eigenvalue weighted by Crippen LogP contribution is -2.20. The molecule has 0 saturated heterocycles. The van der Waals surface area contributed by atoms with Gasteiger partial charge in [-0.2, -0.15) is 5.26 Å². The van der Waals surface area contributed by atoms with Crippen LogP contribution in [-0.2, 0) is 4.79 Å². The highest BCUT2D eigenvalue weighted by atomic mass is 16.2. The molecule has 0 aliphatic carbocycles. The Hall–Kier alpha value is -1.90. The first-order valence-corrected chi connectivity index (χ1v) is 2.84. The molecule has 1 aromatic rings. The number of nitriles is 1. The zero-order valence-corrected chi connectivity index (χ0v) is 5.56. The summed E-state index contributed by atoms with van der Waals surface area (Å²) in [6, 6.07) is 1.71. The molecule has 0 spiro atoms. The van der Waals surface area contributed by atoms with Crippen molar-refractivity contribution in [3.05, 3.63) is 12.7 Å². The molecule has 11 heavy (non-hydrogen) atoms. The molecule has 0 aliphatic rings. The summed E-state index contributed by atoms with van der Waals surface area (Å²) in [7, 11) is 0. The van der Waals surface area contributed by atoms with E-state index in [2.05, 4.69) is 15.6 Å². The Balaban J connectivity index is 2.45. The monoisotopic (exact) mass is 151 g/mol. The maximum Gasteiger partial charge on any atom is 0.253 e. The van der Waals surface area contributed by atoms with E-state index in [0.717, 1.165) is 0 Å². The summed E-state index contributed by atoms with van der Waals surface area (Å²) in [4.78, 5) is 10.7. The second-order valence-corrected chi connectivity index (χ2v) is 1.74. The summed E-state index contributed by atoms with van der Waals surface area (Å²) in [5.41, 5.74) is 2.35. The van der Waals surface area contributed by atoms with Gasteiger partial charge in [0.25, 0.3) is 5.91 Å². The van der Waals surface area contributed by atoms with Crippen LogP contribution in [0.4, 0.5) is 0 Å². The summed E-state index contributed by atoms with van der Waals surface area (Å²) in [5.74, 6) is -0.382. The van der Waals surface area contributed by atoms with Gasteiger partial charge in [0.05, 0.1) is 6.07 Å². The molecule has 0 fully saturated rings. The molecule has 0 atom stereocenters. The minimum atomic E-state index is -0.382. The summed E-state index contributed by atoms with van der Waals surface area (Å²) in [5, 5.41) is 15.0. The Bertz CT molecular complexity index is 272. The first kappa shape index (κ1) is 7.21. The van der Waals surface area contributed by atoms with Crippen LogP contribution in [0.2, 0.25) is 0 Å². The molecule has 0 unspecified atom stereocenters. The van der Waals surface area contributed by atoms with Crippen LogP contribution in [0.3, 0.4) is 0 Å². The molecule has 0 radical (unpaired) electrons. The Kier molecular flexibility index (Phi) is 2.17. The van der Waals surface area contributed by atoms with Crippen LogP contribution in [0.15, 0.2) is 12.7 Å². The standard InChI is InChI=1S/C5H5N5O/c6-2-1-5(11)9-10-3-7-8-4-10/h3-4H,1H2,(H,9,11). The van der Waals surface area contributed by atoms with E-state index >= 15 is 0 Å². The Labute approximate surface area is 62.4 Å². The lowest BCUT2D eigenvalue weighted by atomic mass is 10.5. The van der Waals surface area contributed by atoms with Crippen molar-refractivity contribution >= 4 is 5.91 Å². The topological polar surface area (TPSA) is 83.6 Å². The highest BCUT2D eigenvalue weighted by molar-refractivity contribution is 5.85. The molecule has 1 N–H and O–H groups in total. The van der Waals surface area contributed by atoms with Gasteiger partial charge in [0.2, 0.25) is 0 Å². The van der Waals surface area contributed by atoms with Gasteiger partial charge in [0, 0.05) is 0 Å². The van der Waals surface area contributed by atoms with Crippen molar-refractivity contribution in [1.29, 1.82) is 5.26 Å². The van der Waals surface area contributed by atoms with Gasteiger partial charge >= 0.3 is 0 Å². The summed E-state index contributed by atoms with van der Waals surface area (Å²) >= 11 is 0. The zero-order valence-electron chi connectivity index (χ0n) is 5.56. The molecule has 6 nitrogen and oxygen atoms in total. The second-order valence-electron chi connectivity index (χ2n) is 1.74. The molecule has 1 heterocycles. The molecular weight excluding hydrogens is 146 g/mol. The predicted molar refractivity (Wildman–Crippen MR) is 34.6 cm³/mol. The zero-order chi connectivity index (χ0) is 8.10. The lowest BCUT2D eigenvalue weighted by molar-refractivity contribution is -0.116. The average molecular weight is 151 g/mol. The number of carbonyl (C=O) groups excluding carboxylic acids is 1. The van der Waals surface area contributed by atoms with Crippen molar-refractivity contribution in [2.24, 2.45) is 0 Å². The number of nitrogens with one attached hydrogen (secondary N) is 1. The van der Waals surface area contributed by atoms with Gasteiger partial charge in [-0.25, -0.2) is 4.68 Å². The van der Waals surface area contributed by atoms with Crippen LogP contribution >= 0.6 is 0 Å². The van der Waals surface area contributed by atoms with E-state index in [9.17, 15) is 4.79 Å². The first-order chi connectivity index (χ1) is 5.33. The maximum atomic E-state index is 10.7. The summed E-state index contributed by atoms with van der Waals surface area (Å²) in [6.45, 7) is 0. The van der Waals surface area contributed by atoms with Gasteiger partial charge < -0.3 is 0 Å². The molecule has 0 bridgehead atoms. The van der Waals surface area contributed by atoms with Gasteiger partial charge in [-0.1, -0.05) is 0 Å². The van der Waals surface area contributed by atoms with E-state index in [1.807, 2.05) is 0 Å². The molecule has 6 heteroatoms. The third-order valence-electron chi connectivity index (χ3n) is 0.912. The highest BCUT2D eigenvalue weighted by Crippen LogP contribution is 1.79. The maximum absolute atomic E-state index is 10.7. The van der Waals surface area contributed by atoms with E-state index in [1.165, 1.54) is 17.3 Å². The molecule has 56 valence electrons. The highest BCUT2D eigenvalue weighted by Gasteiger charge is 1.98. The minimum absolute atomic E-state index is 0.168. The van der Waals surface area contributed by atoms with Crippen LogP contribution in [0.25, 0.3) is 0 Å². The predicted octanol–water partition coefficient (Wildman–Crippen LogP) is -0.738. The molecule has 0 aromatic carbocycles. The SMILES string of the molecule is N#CCC(=O)Nn1cnnc1. The molecule has 1 rings (SSSR count). The lowest BCUT2D eigenvalue weighted by Gasteiger charge is -1.98. The number of amides is 1. The van der Waals surface area contributed by atoms with Gasteiger partial charge in [-0.3, -0.25) is 10.2 Å². The number of nitrogens with zero attached hydrogens (tertiary/aromatic N) is 4. The van der Waals surface area contributed by atoms with Gasteiger partial charge in [0.15, 0.2) is 0 Å². The minimum Gasteiger partial charge on any atom is -0.272 e. The normalized spacial score (nSPS) is 8.64. The molecular formula is C5H5N5O. The van der Waals surface area contributed by atoms with Crippen LogP contribution < -0.4 is 5.43 Å². The Morgan fingerprint density at radius 2 is 2.27 bits per heavy atom. The van der Waals surface area contributed by atoms with Crippen molar-refractivity contribution in [2.45, 2.75) is 6.42 Å². The van der Waals surface area contributed by atoms with Crippen molar-refractivity contribution in [3.8, 4) is 6.07 Å². The van der Waals surface area contributed by atoms with Crippen molar-refractivity contribution in [3.63, 3.8) is 0 Å². The average Bonchev–Trinajstić information content (AvgIpc) is 2.40. The Morgan fingerprint density at radius 3 is 2.82 bits per heavy atom. The largest absolute Gasteiger partial charge is 0.272 e. The third-order valence-corrected chi connectivity index (χ3v) is 0.912. The van der Waals surface area contributed by atoms with E-state index in [4.69, 9.17) is 5.26 Å². The number of carbonyl (C=O) groups is 1. The first-order valence-electron chi connectivity index (χ1n) is 2.84. The molecule has 0 saturated carbocycles. The number of hydrogen-bond acceptors (Lipinski definition) is 4. The van der Waals surface area contributed by atoms with Crippen molar-refractivity contribution in [1.82, 2.24) is 14.9 Å². The van der Waals surface area contributed by atoms with Crippen LogP contribution in [0, 0.1) is 11.3 Å². The summed E-state index contributed by atoms with van der Waals surface area (Å²) in [6.07, 6.45) is 2.49. The van der Waals surface area contributed by atoms with Crippen LogP contribution in [0.1, 0.15) is 6.42 Å². The van der Waals surface area contributed by atoms with Crippen LogP contribution in [-0.4, -0.2) is 20.8 Å². The van der Waals surface area contributed by atoms with Gasteiger partial charge in [0.1, 0.15) is 19.1 Å². The van der Waals surface area contributed by atoms with Crippen molar-refractivity contribution < 1.29 is 4.79 Å². The van der Waals surface area contributed by atoms with E-state index < -0.39 is 0 Å². The Morgan fingerprint density at radius 1 is 1.64 bits per heavy atom. The van der Waals surface area contributed by atoms with E-state index in [1.54, 1.807) is 6.07 Å². The number of aromatic nitrogens is 3.